The Morgan fingerprint density at radius 2 is 2.16 bits per heavy atom. The SMILES string of the molecule is Cn1nnc(Br)c1C(O)Cn1cnc2ccccc21. The van der Waals surface area contributed by atoms with Crippen molar-refractivity contribution in [2.45, 2.75) is 12.6 Å². The summed E-state index contributed by atoms with van der Waals surface area (Å²) < 4.78 is 4.04. The minimum atomic E-state index is -0.702. The van der Waals surface area contributed by atoms with Crippen molar-refractivity contribution in [3.63, 3.8) is 0 Å². The summed E-state index contributed by atoms with van der Waals surface area (Å²) in [5.74, 6) is 0. The van der Waals surface area contributed by atoms with Crippen LogP contribution in [0.5, 0.6) is 0 Å². The molecule has 6 nitrogen and oxygen atoms in total. The number of hydrogen-bond donors (Lipinski definition) is 1. The molecule has 0 aliphatic heterocycles. The minimum Gasteiger partial charge on any atom is -0.385 e. The van der Waals surface area contributed by atoms with Crippen molar-refractivity contribution in [1.29, 1.82) is 0 Å². The number of imidazole rings is 1. The van der Waals surface area contributed by atoms with Crippen LogP contribution in [0.1, 0.15) is 11.8 Å². The topological polar surface area (TPSA) is 68.8 Å². The predicted molar refractivity (Wildman–Crippen MR) is 73.4 cm³/mol. The first-order valence-corrected chi connectivity index (χ1v) is 6.59. The second-order valence-corrected chi connectivity index (χ2v) is 5.04. The predicted octanol–water partition coefficient (Wildman–Crippen LogP) is 1.66. The quantitative estimate of drug-likeness (QED) is 0.796. The number of aromatic nitrogens is 5. The number of benzene rings is 1. The standard InChI is InChI=1S/C12H12BrN5O/c1-17-11(12(13)15-16-17)10(19)6-18-7-14-8-4-2-3-5-9(8)18/h2-5,7,10,19H,6H2,1H3. The Balaban J connectivity index is 1.93. The molecular formula is C12H12BrN5O. The van der Waals surface area contributed by atoms with Crippen molar-refractivity contribution in [1.82, 2.24) is 24.5 Å². The fourth-order valence-corrected chi connectivity index (χ4v) is 2.71. The summed E-state index contributed by atoms with van der Waals surface area (Å²) >= 11 is 3.29. The number of fused-ring (bicyclic) bond motifs is 1. The van der Waals surface area contributed by atoms with Gasteiger partial charge in [-0.1, -0.05) is 17.3 Å². The van der Waals surface area contributed by atoms with E-state index in [4.69, 9.17) is 0 Å². The maximum absolute atomic E-state index is 10.3. The number of rotatable bonds is 3. The van der Waals surface area contributed by atoms with E-state index in [-0.39, 0.29) is 0 Å². The molecule has 1 unspecified atom stereocenters. The van der Waals surface area contributed by atoms with Gasteiger partial charge in [-0.3, -0.25) is 0 Å². The molecule has 19 heavy (non-hydrogen) atoms. The fraction of sp³-hybridized carbons (Fsp3) is 0.250. The Hall–Kier alpha value is -1.73. The molecule has 2 heterocycles. The van der Waals surface area contributed by atoms with Crippen LogP contribution in [0.15, 0.2) is 35.2 Å². The van der Waals surface area contributed by atoms with Gasteiger partial charge < -0.3 is 9.67 Å². The summed E-state index contributed by atoms with van der Waals surface area (Å²) in [7, 11) is 1.75. The Labute approximate surface area is 117 Å². The molecule has 1 N–H and O–H groups in total. The van der Waals surface area contributed by atoms with Gasteiger partial charge in [0.2, 0.25) is 0 Å². The normalized spacial score (nSPS) is 13.0. The van der Waals surface area contributed by atoms with E-state index in [1.807, 2.05) is 28.8 Å². The van der Waals surface area contributed by atoms with Crippen LogP contribution >= 0.6 is 15.9 Å². The number of para-hydroxylation sites is 2. The molecule has 0 fully saturated rings. The molecule has 7 heteroatoms. The van der Waals surface area contributed by atoms with Crippen LogP contribution in [0, 0.1) is 0 Å². The van der Waals surface area contributed by atoms with E-state index in [1.54, 1.807) is 18.1 Å². The molecule has 2 aromatic heterocycles. The summed E-state index contributed by atoms with van der Waals surface area (Å²) in [5, 5.41) is 18.1. The zero-order valence-electron chi connectivity index (χ0n) is 10.2. The lowest BCUT2D eigenvalue weighted by Crippen LogP contribution is -2.12. The molecule has 0 saturated carbocycles. The van der Waals surface area contributed by atoms with E-state index in [2.05, 4.69) is 31.2 Å². The van der Waals surface area contributed by atoms with E-state index in [0.29, 0.717) is 16.8 Å². The fourth-order valence-electron chi connectivity index (χ4n) is 2.12. The Morgan fingerprint density at radius 1 is 1.37 bits per heavy atom. The minimum absolute atomic E-state index is 0.403. The van der Waals surface area contributed by atoms with Crippen molar-refractivity contribution in [3.8, 4) is 0 Å². The van der Waals surface area contributed by atoms with Crippen molar-refractivity contribution in [3.05, 3.63) is 40.9 Å². The van der Waals surface area contributed by atoms with Gasteiger partial charge in [-0.25, -0.2) is 9.67 Å². The van der Waals surface area contributed by atoms with Gasteiger partial charge in [0.1, 0.15) is 11.8 Å². The summed E-state index contributed by atoms with van der Waals surface area (Å²) in [5.41, 5.74) is 2.56. The second kappa shape index (κ2) is 4.75. The zero-order chi connectivity index (χ0) is 13.4. The second-order valence-electron chi connectivity index (χ2n) is 4.29. The summed E-state index contributed by atoms with van der Waals surface area (Å²) in [6, 6.07) is 7.82. The van der Waals surface area contributed by atoms with Crippen LogP contribution in [0.25, 0.3) is 11.0 Å². The van der Waals surface area contributed by atoms with Crippen molar-refractivity contribution >= 4 is 27.0 Å². The third-order valence-electron chi connectivity index (χ3n) is 3.04. The molecule has 0 radical (unpaired) electrons. The van der Waals surface area contributed by atoms with Crippen molar-refractivity contribution in [2.24, 2.45) is 7.05 Å². The van der Waals surface area contributed by atoms with Crippen LogP contribution in [0.4, 0.5) is 0 Å². The average Bonchev–Trinajstić information content (AvgIpc) is 2.94. The zero-order valence-corrected chi connectivity index (χ0v) is 11.8. The number of halogens is 1. The number of aryl methyl sites for hydroxylation is 1. The largest absolute Gasteiger partial charge is 0.385 e. The highest BCUT2D eigenvalue weighted by Crippen LogP contribution is 2.23. The van der Waals surface area contributed by atoms with Gasteiger partial charge in [0.25, 0.3) is 0 Å². The van der Waals surface area contributed by atoms with Gasteiger partial charge in [0, 0.05) is 7.05 Å². The van der Waals surface area contributed by atoms with Gasteiger partial charge in [0.05, 0.1) is 23.9 Å². The van der Waals surface area contributed by atoms with Crippen molar-refractivity contribution in [2.75, 3.05) is 0 Å². The lowest BCUT2D eigenvalue weighted by Gasteiger charge is -2.12. The van der Waals surface area contributed by atoms with E-state index in [0.717, 1.165) is 11.0 Å². The van der Waals surface area contributed by atoms with Crippen molar-refractivity contribution < 1.29 is 5.11 Å². The molecule has 0 amide bonds. The molecule has 0 spiro atoms. The highest BCUT2D eigenvalue weighted by Gasteiger charge is 2.18. The number of aliphatic hydroxyl groups excluding tert-OH is 1. The first kappa shape index (κ1) is 12.3. The number of nitrogens with zero attached hydrogens (tertiary/aromatic N) is 5. The van der Waals surface area contributed by atoms with E-state index >= 15 is 0 Å². The third-order valence-corrected chi connectivity index (χ3v) is 3.60. The maximum atomic E-state index is 10.3. The maximum Gasteiger partial charge on any atom is 0.154 e. The Kier molecular flexibility index (Phi) is 3.08. The molecule has 3 aromatic rings. The van der Waals surface area contributed by atoms with E-state index in [1.165, 1.54) is 0 Å². The van der Waals surface area contributed by atoms with Crippen LogP contribution in [0.3, 0.4) is 0 Å². The lowest BCUT2D eigenvalue weighted by atomic mass is 10.2. The first-order chi connectivity index (χ1) is 9.16. The smallest absolute Gasteiger partial charge is 0.154 e. The molecule has 98 valence electrons. The number of aliphatic hydroxyl groups is 1. The van der Waals surface area contributed by atoms with E-state index in [9.17, 15) is 5.11 Å². The van der Waals surface area contributed by atoms with Crippen LogP contribution < -0.4 is 0 Å². The van der Waals surface area contributed by atoms with Gasteiger partial charge >= 0.3 is 0 Å². The van der Waals surface area contributed by atoms with Crippen LogP contribution in [-0.4, -0.2) is 29.7 Å². The van der Waals surface area contributed by atoms with Gasteiger partial charge in [-0.2, -0.15) is 0 Å². The van der Waals surface area contributed by atoms with E-state index < -0.39 is 6.10 Å². The van der Waals surface area contributed by atoms with Gasteiger partial charge in [0.15, 0.2) is 4.60 Å². The first-order valence-electron chi connectivity index (χ1n) is 5.80. The summed E-state index contributed by atoms with van der Waals surface area (Å²) in [6.45, 7) is 0.403. The average molecular weight is 322 g/mol. The molecule has 1 atom stereocenters. The monoisotopic (exact) mass is 321 g/mol. The molecule has 0 aliphatic rings. The molecular weight excluding hydrogens is 310 g/mol. The van der Waals surface area contributed by atoms with Gasteiger partial charge in [-0.05, 0) is 28.1 Å². The summed E-state index contributed by atoms with van der Waals surface area (Å²) in [4.78, 5) is 4.30. The van der Waals surface area contributed by atoms with Crippen LogP contribution in [-0.2, 0) is 13.6 Å². The lowest BCUT2D eigenvalue weighted by molar-refractivity contribution is 0.148. The highest BCUT2D eigenvalue weighted by molar-refractivity contribution is 9.10. The molecule has 3 rings (SSSR count). The molecule has 0 bridgehead atoms. The van der Waals surface area contributed by atoms with Crippen LogP contribution in [0.2, 0.25) is 0 Å². The number of hydrogen-bond acceptors (Lipinski definition) is 4. The van der Waals surface area contributed by atoms with Gasteiger partial charge in [-0.15, -0.1) is 5.10 Å². The molecule has 0 aliphatic carbocycles. The molecule has 0 saturated heterocycles. The summed E-state index contributed by atoms with van der Waals surface area (Å²) in [6.07, 6.45) is 1.03. The third kappa shape index (κ3) is 2.15. The highest BCUT2D eigenvalue weighted by atomic mass is 79.9. The Bertz CT molecular complexity index is 700. The Morgan fingerprint density at radius 3 is 2.89 bits per heavy atom. The molecule has 1 aromatic carbocycles.